The van der Waals surface area contributed by atoms with Crippen molar-refractivity contribution in [2.75, 3.05) is 6.61 Å². The van der Waals surface area contributed by atoms with Crippen LogP contribution in [0.15, 0.2) is 48.8 Å². The van der Waals surface area contributed by atoms with E-state index in [4.69, 9.17) is 4.74 Å². The predicted octanol–water partition coefficient (Wildman–Crippen LogP) is 8.34. The highest BCUT2D eigenvalue weighted by Crippen LogP contribution is 2.20. The minimum Gasteiger partial charge on any atom is -0.493 e. The Kier molecular flexibility index (Phi) is 13.4. The quantitative estimate of drug-likeness (QED) is 0.190. The van der Waals surface area contributed by atoms with E-state index >= 15 is 0 Å². The zero-order chi connectivity index (χ0) is 22.0. The van der Waals surface area contributed by atoms with Gasteiger partial charge in [-0.2, -0.15) is 0 Å². The van der Waals surface area contributed by atoms with Crippen molar-refractivity contribution in [1.82, 2.24) is 9.97 Å². The lowest BCUT2D eigenvalue weighted by atomic mass is 10.1. The molecule has 1 heterocycles. The summed E-state index contributed by atoms with van der Waals surface area (Å²) in [6, 6.07) is 8.11. The summed E-state index contributed by atoms with van der Waals surface area (Å²) in [6.07, 6.45) is 24.9. The van der Waals surface area contributed by atoms with Crippen molar-refractivity contribution < 1.29 is 4.74 Å². The molecule has 31 heavy (non-hydrogen) atoms. The van der Waals surface area contributed by atoms with Gasteiger partial charge in [-0.25, -0.2) is 9.97 Å². The molecule has 0 amide bonds. The van der Waals surface area contributed by atoms with E-state index in [9.17, 15) is 0 Å². The molecule has 2 aromatic rings. The molecule has 3 nitrogen and oxygen atoms in total. The number of nitrogens with zero attached hydrogens (tertiary/aromatic N) is 2. The second kappa shape index (κ2) is 16.5. The van der Waals surface area contributed by atoms with E-state index in [-0.39, 0.29) is 0 Å². The van der Waals surface area contributed by atoms with Crippen LogP contribution in [0, 0.1) is 0 Å². The van der Waals surface area contributed by atoms with E-state index in [1.165, 1.54) is 76.2 Å². The number of allylic oxidation sites excluding steroid dienone is 1. The normalized spacial score (nSPS) is 11.3. The molecule has 0 saturated heterocycles. The van der Waals surface area contributed by atoms with Crippen LogP contribution < -0.4 is 4.74 Å². The number of hydrogen-bond donors (Lipinski definition) is 0. The van der Waals surface area contributed by atoms with Crippen molar-refractivity contribution >= 4 is 0 Å². The second-order valence-corrected chi connectivity index (χ2v) is 8.41. The molecule has 0 aliphatic heterocycles. The summed E-state index contributed by atoms with van der Waals surface area (Å²) >= 11 is 0. The molecular formula is C28H42N2O. The fourth-order valence-electron chi connectivity index (χ4n) is 3.61. The van der Waals surface area contributed by atoms with Gasteiger partial charge in [0, 0.05) is 18.0 Å². The van der Waals surface area contributed by atoms with Crippen molar-refractivity contribution in [2.45, 2.75) is 97.3 Å². The van der Waals surface area contributed by atoms with Gasteiger partial charge in [0.25, 0.3) is 0 Å². The summed E-state index contributed by atoms with van der Waals surface area (Å²) in [7, 11) is 0. The van der Waals surface area contributed by atoms with E-state index in [1.807, 2.05) is 36.7 Å². The van der Waals surface area contributed by atoms with Crippen molar-refractivity contribution in [2.24, 2.45) is 0 Å². The van der Waals surface area contributed by atoms with Gasteiger partial charge in [0.15, 0.2) is 5.82 Å². The predicted molar refractivity (Wildman–Crippen MR) is 133 cm³/mol. The number of aromatic nitrogens is 2. The van der Waals surface area contributed by atoms with Crippen molar-refractivity contribution in [3.8, 4) is 17.1 Å². The molecule has 0 bridgehead atoms. The van der Waals surface area contributed by atoms with E-state index in [0.717, 1.165) is 36.6 Å². The number of unbranched alkanes of at least 4 members (excludes halogenated alkanes) is 9. The third kappa shape index (κ3) is 11.1. The Morgan fingerprint density at radius 3 is 2.00 bits per heavy atom. The van der Waals surface area contributed by atoms with Gasteiger partial charge in [-0.05, 0) is 61.9 Å². The largest absolute Gasteiger partial charge is 0.493 e. The first kappa shape index (κ1) is 25.1. The van der Waals surface area contributed by atoms with Gasteiger partial charge in [0.05, 0.1) is 6.61 Å². The zero-order valence-electron chi connectivity index (χ0n) is 19.8. The molecule has 170 valence electrons. The van der Waals surface area contributed by atoms with E-state index in [0.29, 0.717) is 0 Å². The molecular weight excluding hydrogens is 380 g/mol. The standard InChI is InChI=1S/C28H42N2O/c1-3-5-7-9-10-11-12-14-16-22-31-27-20-18-26(19-21-27)28-29-23-25(24-30-28)17-15-13-8-6-4-2/h12,14,18-21,23-24H,3-11,13,15-17,22H2,1-2H3/b14-12-. The lowest BCUT2D eigenvalue weighted by Gasteiger charge is -2.06. The summed E-state index contributed by atoms with van der Waals surface area (Å²) in [5.74, 6) is 1.68. The topological polar surface area (TPSA) is 35.0 Å². The first-order chi connectivity index (χ1) is 15.3. The lowest BCUT2D eigenvalue weighted by molar-refractivity contribution is 0.325. The van der Waals surface area contributed by atoms with Crippen molar-refractivity contribution in [3.63, 3.8) is 0 Å². The first-order valence-electron chi connectivity index (χ1n) is 12.5. The van der Waals surface area contributed by atoms with Gasteiger partial charge in [-0.3, -0.25) is 0 Å². The van der Waals surface area contributed by atoms with Crippen LogP contribution in [0.5, 0.6) is 5.75 Å². The lowest BCUT2D eigenvalue weighted by Crippen LogP contribution is -1.96. The molecule has 0 fully saturated rings. The smallest absolute Gasteiger partial charge is 0.159 e. The van der Waals surface area contributed by atoms with Crippen LogP contribution >= 0.6 is 0 Å². The molecule has 0 radical (unpaired) electrons. The average molecular weight is 423 g/mol. The van der Waals surface area contributed by atoms with Gasteiger partial charge >= 0.3 is 0 Å². The van der Waals surface area contributed by atoms with Crippen LogP contribution in [0.4, 0.5) is 0 Å². The summed E-state index contributed by atoms with van der Waals surface area (Å²) in [6.45, 7) is 5.23. The minimum absolute atomic E-state index is 0.717. The highest BCUT2D eigenvalue weighted by molar-refractivity contribution is 5.55. The van der Waals surface area contributed by atoms with Crippen LogP contribution in [0.3, 0.4) is 0 Å². The molecule has 1 aromatic carbocycles. The van der Waals surface area contributed by atoms with Crippen LogP contribution in [0.1, 0.15) is 96.5 Å². The molecule has 0 spiro atoms. The third-order valence-electron chi connectivity index (χ3n) is 5.58. The minimum atomic E-state index is 0.717. The summed E-state index contributed by atoms with van der Waals surface area (Å²) in [4.78, 5) is 9.12. The Bertz CT molecular complexity index is 707. The summed E-state index contributed by atoms with van der Waals surface area (Å²) in [5.41, 5.74) is 2.26. The number of rotatable bonds is 17. The Morgan fingerprint density at radius 1 is 0.710 bits per heavy atom. The number of ether oxygens (including phenoxy) is 1. The van der Waals surface area contributed by atoms with Crippen molar-refractivity contribution in [3.05, 3.63) is 54.4 Å². The molecule has 1 aromatic heterocycles. The maximum absolute atomic E-state index is 5.86. The number of aryl methyl sites for hydroxylation is 1. The van der Waals surface area contributed by atoms with Gasteiger partial charge in [-0.15, -0.1) is 0 Å². The second-order valence-electron chi connectivity index (χ2n) is 8.41. The SMILES string of the molecule is CCCCCCC/C=C\CCOc1ccc(-c2ncc(CCCCCCC)cn2)cc1. The van der Waals surface area contributed by atoms with Gasteiger partial charge in [0.1, 0.15) is 5.75 Å². The average Bonchev–Trinajstić information content (AvgIpc) is 2.81. The van der Waals surface area contributed by atoms with E-state index in [1.54, 1.807) is 0 Å². The monoisotopic (exact) mass is 422 g/mol. The molecule has 3 heteroatoms. The zero-order valence-corrected chi connectivity index (χ0v) is 19.8. The van der Waals surface area contributed by atoms with E-state index < -0.39 is 0 Å². The Balaban J connectivity index is 1.64. The maximum Gasteiger partial charge on any atom is 0.159 e. The Labute approximate surface area is 190 Å². The fraction of sp³-hybridized carbons (Fsp3) is 0.571. The van der Waals surface area contributed by atoms with Crippen LogP contribution in [0.25, 0.3) is 11.4 Å². The Morgan fingerprint density at radius 2 is 1.32 bits per heavy atom. The Hall–Kier alpha value is -2.16. The molecule has 2 rings (SSSR count). The third-order valence-corrected chi connectivity index (χ3v) is 5.58. The van der Waals surface area contributed by atoms with Gasteiger partial charge in [-0.1, -0.05) is 77.4 Å². The first-order valence-corrected chi connectivity index (χ1v) is 12.5. The maximum atomic E-state index is 5.86. The van der Waals surface area contributed by atoms with Crippen LogP contribution in [0.2, 0.25) is 0 Å². The van der Waals surface area contributed by atoms with Crippen LogP contribution in [-0.4, -0.2) is 16.6 Å². The van der Waals surface area contributed by atoms with Gasteiger partial charge in [0.2, 0.25) is 0 Å². The highest BCUT2D eigenvalue weighted by atomic mass is 16.5. The molecule has 0 atom stereocenters. The number of benzene rings is 1. The highest BCUT2D eigenvalue weighted by Gasteiger charge is 2.03. The molecule has 0 unspecified atom stereocenters. The summed E-state index contributed by atoms with van der Waals surface area (Å²) in [5, 5.41) is 0. The van der Waals surface area contributed by atoms with Crippen LogP contribution in [-0.2, 0) is 6.42 Å². The van der Waals surface area contributed by atoms with Crippen molar-refractivity contribution in [1.29, 1.82) is 0 Å². The molecule has 0 saturated carbocycles. The summed E-state index contributed by atoms with van der Waals surface area (Å²) < 4.78 is 5.86. The fourth-order valence-corrected chi connectivity index (χ4v) is 3.61. The molecule has 0 aliphatic rings. The molecule has 0 N–H and O–H groups in total. The van der Waals surface area contributed by atoms with Gasteiger partial charge < -0.3 is 4.74 Å². The van der Waals surface area contributed by atoms with E-state index in [2.05, 4.69) is 36.0 Å². The molecule has 0 aliphatic carbocycles. The number of hydrogen-bond acceptors (Lipinski definition) is 3.